The first kappa shape index (κ1) is 28.7. The number of nitrogens with one attached hydrogen (secondary N) is 3. The third kappa shape index (κ3) is 7.32. The van der Waals surface area contributed by atoms with E-state index in [0.717, 1.165) is 0 Å². The molecular weight excluding hydrogens is 751 g/mol. The van der Waals surface area contributed by atoms with E-state index in [1.54, 1.807) is 13.8 Å². The second-order valence-corrected chi connectivity index (χ2v) is 10.0. The van der Waals surface area contributed by atoms with Gasteiger partial charge in [0.25, 0.3) is 11.8 Å². The van der Waals surface area contributed by atoms with Crippen molar-refractivity contribution >= 4 is 91.2 Å². The van der Waals surface area contributed by atoms with Crippen molar-refractivity contribution in [1.29, 1.82) is 0 Å². The number of hydrogen-bond acceptors (Lipinski definition) is 7. The van der Waals surface area contributed by atoms with E-state index >= 15 is 0 Å². The molecule has 0 radical (unpaired) electrons. The van der Waals surface area contributed by atoms with Crippen LogP contribution < -0.4 is 16.0 Å². The number of aliphatic hydroxyl groups is 4. The monoisotopic (exact) mass is 775 g/mol. The van der Waals surface area contributed by atoms with Crippen LogP contribution in [0.5, 0.6) is 0 Å². The molecule has 0 saturated heterocycles. The number of carbonyl (C=O) groups excluding carboxylic acids is 3. The van der Waals surface area contributed by atoms with E-state index in [2.05, 4.69) is 16.0 Å². The highest BCUT2D eigenvalue weighted by atomic mass is 127. The van der Waals surface area contributed by atoms with Gasteiger partial charge in [-0.3, -0.25) is 14.4 Å². The van der Waals surface area contributed by atoms with Gasteiger partial charge in [-0.05, 0) is 67.8 Å². The van der Waals surface area contributed by atoms with Crippen LogP contribution in [0.3, 0.4) is 0 Å². The summed E-state index contributed by atoms with van der Waals surface area (Å²) in [5.41, 5.74) is 0.439. The molecule has 31 heavy (non-hydrogen) atoms. The molecule has 0 unspecified atom stereocenters. The zero-order valence-electron chi connectivity index (χ0n) is 16.7. The summed E-state index contributed by atoms with van der Waals surface area (Å²) in [6.07, 6.45) is 0. The summed E-state index contributed by atoms with van der Waals surface area (Å²) in [7, 11) is 0. The molecule has 10 nitrogen and oxygen atoms in total. The first-order valence-corrected chi connectivity index (χ1v) is 12.3. The molecule has 3 amide bonds. The number of halogens is 3. The van der Waals surface area contributed by atoms with Gasteiger partial charge in [0.1, 0.15) is 0 Å². The van der Waals surface area contributed by atoms with Crippen molar-refractivity contribution in [2.45, 2.75) is 25.9 Å². The van der Waals surface area contributed by atoms with E-state index in [-0.39, 0.29) is 32.2 Å². The highest BCUT2D eigenvalue weighted by molar-refractivity contribution is 14.1. The summed E-state index contributed by atoms with van der Waals surface area (Å²) in [5, 5.41) is 44.9. The third-order valence-corrected chi connectivity index (χ3v) is 7.33. The zero-order valence-corrected chi connectivity index (χ0v) is 23.2. The van der Waals surface area contributed by atoms with Crippen molar-refractivity contribution in [3.63, 3.8) is 0 Å². The number of anilines is 1. The topological polar surface area (TPSA) is 168 Å². The SMILES string of the molecule is CC(C)C(=O)Nc1c(I)c(C(=O)NC(CO)CO)c(I)c(C(=O)NC(CO)CO)c1I. The van der Waals surface area contributed by atoms with Gasteiger partial charge in [-0.2, -0.15) is 0 Å². The smallest absolute Gasteiger partial charge is 0.253 e. The Morgan fingerprint density at radius 2 is 1.10 bits per heavy atom. The van der Waals surface area contributed by atoms with Crippen LogP contribution in [-0.4, -0.2) is 76.7 Å². The second-order valence-electron chi connectivity index (χ2n) is 6.78. The number of aliphatic hydroxyl groups excluding tert-OH is 4. The van der Waals surface area contributed by atoms with Gasteiger partial charge in [-0.25, -0.2) is 0 Å². The molecule has 0 aliphatic carbocycles. The van der Waals surface area contributed by atoms with E-state index in [1.165, 1.54) is 0 Å². The average molecular weight is 775 g/mol. The molecule has 0 aliphatic heterocycles. The second kappa shape index (κ2) is 13.4. The van der Waals surface area contributed by atoms with Crippen LogP contribution in [0.2, 0.25) is 0 Å². The van der Waals surface area contributed by atoms with Gasteiger partial charge >= 0.3 is 0 Å². The average Bonchev–Trinajstić information content (AvgIpc) is 2.72. The fraction of sp³-hybridized carbons (Fsp3) is 0.500. The maximum absolute atomic E-state index is 12.9. The normalized spacial score (nSPS) is 11.2. The van der Waals surface area contributed by atoms with Crippen LogP contribution in [0.4, 0.5) is 5.69 Å². The first-order chi connectivity index (χ1) is 14.5. The molecule has 0 bridgehead atoms. The fourth-order valence-electron chi connectivity index (χ4n) is 2.25. The van der Waals surface area contributed by atoms with Gasteiger partial charge < -0.3 is 36.4 Å². The summed E-state index contributed by atoms with van der Waals surface area (Å²) in [5.74, 6) is -1.97. The Kier molecular flexibility index (Phi) is 12.4. The van der Waals surface area contributed by atoms with Crippen molar-refractivity contribution in [3.05, 3.63) is 21.8 Å². The van der Waals surface area contributed by atoms with Crippen molar-refractivity contribution in [2.75, 3.05) is 31.7 Å². The minimum atomic E-state index is -0.905. The van der Waals surface area contributed by atoms with Crippen LogP contribution >= 0.6 is 67.8 Å². The van der Waals surface area contributed by atoms with E-state index < -0.39 is 50.3 Å². The molecule has 174 valence electrons. The van der Waals surface area contributed by atoms with Crippen LogP contribution in [0.15, 0.2) is 0 Å². The van der Waals surface area contributed by atoms with E-state index in [1.807, 2.05) is 67.8 Å². The molecule has 0 aromatic heterocycles. The fourth-order valence-corrected chi connectivity index (χ4v) is 6.67. The maximum Gasteiger partial charge on any atom is 0.253 e. The minimum absolute atomic E-state index is 0.0854. The molecule has 0 saturated carbocycles. The number of amides is 3. The van der Waals surface area contributed by atoms with Gasteiger partial charge in [-0.15, -0.1) is 0 Å². The van der Waals surface area contributed by atoms with Gasteiger partial charge in [-0.1, -0.05) is 13.8 Å². The van der Waals surface area contributed by atoms with E-state index in [4.69, 9.17) is 0 Å². The van der Waals surface area contributed by atoms with E-state index in [9.17, 15) is 34.8 Å². The summed E-state index contributed by atoms with van der Waals surface area (Å²) >= 11 is 5.62. The number of hydrogen-bond donors (Lipinski definition) is 7. The van der Waals surface area contributed by atoms with Crippen molar-refractivity contribution in [1.82, 2.24) is 10.6 Å². The molecule has 0 aliphatic rings. The predicted octanol–water partition coefficient (Wildman–Crippen LogP) is 0.261. The van der Waals surface area contributed by atoms with Crippen molar-refractivity contribution < 1.29 is 34.8 Å². The van der Waals surface area contributed by atoms with Gasteiger partial charge in [0.15, 0.2) is 0 Å². The molecule has 0 spiro atoms. The highest BCUT2D eigenvalue weighted by Gasteiger charge is 2.30. The number of rotatable bonds is 10. The Hall–Kier alpha value is -0.340. The minimum Gasteiger partial charge on any atom is -0.394 e. The lowest BCUT2D eigenvalue weighted by molar-refractivity contribution is -0.118. The quantitative estimate of drug-likeness (QED) is 0.168. The largest absolute Gasteiger partial charge is 0.394 e. The lowest BCUT2D eigenvalue weighted by Crippen LogP contribution is -2.42. The molecule has 1 rings (SSSR count). The highest BCUT2D eigenvalue weighted by Crippen LogP contribution is 2.36. The molecule has 0 atom stereocenters. The summed E-state index contributed by atoms with van der Waals surface area (Å²) < 4.78 is 1.03. The summed E-state index contributed by atoms with van der Waals surface area (Å²) in [4.78, 5) is 38.2. The number of carbonyl (C=O) groups is 3. The van der Waals surface area contributed by atoms with Crippen LogP contribution in [0.25, 0.3) is 0 Å². The molecule has 0 fully saturated rings. The molecule has 13 heteroatoms. The number of benzene rings is 1. The first-order valence-electron chi connectivity index (χ1n) is 9.10. The molecule has 1 aromatic carbocycles. The van der Waals surface area contributed by atoms with Crippen molar-refractivity contribution in [3.8, 4) is 0 Å². The Bertz CT molecular complexity index is 775. The summed E-state index contributed by atoms with van der Waals surface area (Å²) in [6, 6.07) is -1.81. The lowest BCUT2D eigenvalue weighted by Gasteiger charge is -2.22. The van der Waals surface area contributed by atoms with E-state index in [0.29, 0.717) is 7.14 Å². The zero-order chi connectivity index (χ0) is 23.9. The molecule has 0 heterocycles. The third-order valence-electron chi connectivity index (χ3n) is 4.10. The molecular formula is C18H24I3N3O7. The maximum atomic E-state index is 12.9. The predicted molar refractivity (Wildman–Crippen MR) is 139 cm³/mol. The van der Waals surface area contributed by atoms with Crippen LogP contribution in [-0.2, 0) is 4.79 Å². The van der Waals surface area contributed by atoms with Crippen LogP contribution in [0, 0.1) is 16.6 Å². The van der Waals surface area contributed by atoms with Gasteiger partial charge in [0.05, 0.1) is 62.5 Å². The van der Waals surface area contributed by atoms with Crippen LogP contribution in [0.1, 0.15) is 34.6 Å². The van der Waals surface area contributed by atoms with Gasteiger partial charge in [0.2, 0.25) is 5.91 Å². The Morgan fingerprint density at radius 1 is 0.742 bits per heavy atom. The Balaban J connectivity index is 3.66. The molecule has 1 aromatic rings. The Labute approximate surface area is 220 Å². The van der Waals surface area contributed by atoms with Gasteiger partial charge in [0, 0.05) is 9.49 Å². The van der Waals surface area contributed by atoms with Crippen molar-refractivity contribution in [2.24, 2.45) is 5.92 Å². The standard InChI is InChI=1S/C18H24I3N3O7/c1-7(2)16(29)24-15-13(20)10(17(30)22-8(3-25)4-26)12(19)11(14(15)21)18(31)23-9(5-27)6-28/h7-9,25-28H,3-6H2,1-2H3,(H,22,30)(H,23,31)(H,24,29). The summed E-state index contributed by atoms with van der Waals surface area (Å²) in [6.45, 7) is 1.45. The molecule has 7 N–H and O–H groups in total. The lowest BCUT2D eigenvalue weighted by atomic mass is 10.1. The Morgan fingerprint density at radius 3 is 1.39 bits per heavy atom.